The van der Waals surface area contributed by atoms with Crippen molar-refractivity contribution in [2.45, 2.75) is 44.6 Å². The molecule has 17 heavy (non-hydrogen) atoms. The van der Waals surface area contributed by atoms with Gasteiger partial charge in [0.1, 0.15) is 5.75 Å². The van der Waals surface area contributed by atoms with Crippen LogP contribution in [0.15, 0.2) is 24.3 Å². The topological polar surface area (TPSA) is 21.3 Å². The summed E-state index contributed by atoms with van der Waals surface area (Å²) >= 11 is 0. The lowest BCUT2D eigenvalue weighted by Crippen LogP contribution is -2.29. The second-order valence-corrected chi connectivity index (χ2v) is 4.84. The van der Waals surface area contributed by atoms with Crippen LogP contribution >= 0.6 is 0 Å². The Kier molecular flexibility index (Phi) is 4.43. The minimum Gasteiger partial charge on any atom is -0.494 e. The molecular formula is C15H23NO. The first kappa shape index (κ1) is 12.4. The molecule has 0 radical (unpaired) electrons. The number of benzene rings is 1. The van der Waals surface area contributed by atoms with E-state index in [-0.39, 0.29) is 0 Å². The van der Waals surface area contributed by atoms with Gasteiger partial charge in [-0.1, -0.05) is 12.1 Å². The molecule has 2 rings (SSSR count). The van der Waals surface area contributed by atoms with Gasteiger partial charge in [0.25, 0.3) is 0 Å². The molecule has 0 saturated heterocycles. The Morgan fingerprint density at radius 3 is 2.29 bits per heavy atom. The molecule has 94 valence electrons. The van der Waals surface area contributed by atoms with Crippen LogP contribution in [0, 0.1) is 0 Å². The molecular weight excluding hydrogens is 210 g/mol. The van der Waals surface area contributed by atoms with E-state index >= 15 is 0 Å². The quantitative estimate of drug-likeness (QED) is 0.861. The third kappa shape index (κ3) is 3.22. The SMILES string of the molecule is CCOc1ccc(C2CCC(NC)CC2)cc1. The van der Waals surface area contributed by atoms with Crippen molar-refractivity contribution in [3.05, 3.63) is 29.8 Å². The molecule has 0 aliphatic heterocycles. The molecule has 0 bridgehead atoms. The molecule has 1 saturated carbocycles. The summed E-state index contributed by atoms with van der Waals surface area (Å²) in [6.07, 6.45) is 5.21. The highest BCUT2D eigenvalue weighted by molar-refractivity contribution is 5.29. The third-order valence-electron chi connectivity index (χ3n) is 3.80. The van der Waals surface area contributed by atoms with Crippen LogP contribution < -0.4 is 10.1 Å². The Hall–Kier alpha value is -1.02. The summed E-state index contributed by atoms with van der Waals surface area (Å²) in [7, 11) is 2.07. The van der Waals surface area contributed by atoms with E-state index in [1.807, 2.05) is 6.92 Å². The summed E-state index contributed by atoms with van der Waals surface area (Å²) in [6.45, 7) is 2.76. The van der Waals surface area contributed by atoms with Crippen molar-refractivity contribution in [2.24, 2.45) is 0 Å². The van der Waals surface area contributed by atoms with Crippen molar-refractivity contribution in [3.8, 4) is 5.75 Å². The van der Waals surface area contributed by atoms with Gasteiger partial charge in [-0.3, -0.25) is 0 Å². The van der Waals surface area contributed by atoms with Crippen LogP contribution in [0.2, 0.25) is 0 Å². The molecule has 2 heteroatoms. The lowest BCUT2D eigenvalue weighted by molar-refractivity contribution is 0.339. The highest BCUT2D eigenvalue weighted by atomic mass is 16.5. The molecule has 1 aliphatic carbocycles. The van der Waals surface area contributed by atoms with E-state index in [0.717, 1.165) is 24.3 Å². The molecule has 1 N–H and O–H groups in total. The van der Waals surface area contributed by atoms with Gasteiger partial charge < -0.3 is 10.1 Å². The lowest BCUT2D eigenvalue weighted by atomic mass is 9.82. The van der Waals surface area contributed by atoms with Gasteiger partial charge in [-0.15, -0.1) is 0 Å². The van der Waals surface area contributed by atoms with Gasteiger partial charge in [0.2, 0.25) is 0 Å². The zero-order valence-electron chi connectivity index (χ0n) is 10.9. The summed E-state index contributed by atoms with van der Waals surface area (Å²) in [5.74, 6) is 1.73. The van der Waals surface area contributed by atoms with Gasteiger partial charge in [-0.05, 0) is 63.3 Å². The smallest absolute Gasteiger partial charge is 0.119 e. The first-order chi connectivity index (χ1) is 8.33. The van der Waals surface area contributed by atoms with Gasteiger partial charge in [0.15, 0.2) is 0 Å². The van der Waals surface area contributed by atoms with Gasteiger partial charge >= 0.3 is 0 Å². The molecule has 0 amide bonds. The second kappa shape index (κ2) is 6.06. The van der Waals surface area contributed by atoms with E-state index in [4.69, 9.17) is 4.74 Å². The summed E-state index contributed by atoms with van der Waals surface area (Å²) in [5, 5.41) is 3.38. The maximum Gasteiger partial charge on any atom is 0.119 e. The number of ether oxygens (including phenoxy) is 1. The van der Waals surface area contributed by atoms with E-state index in [1.165, 1.54) is 31.2 Å². The summed E-state index contributed by atoms with van der Waals surface area (Å²) in [4.78, 5) is 0. The van der Waals surface area contributed by atoms with Crippen molar-refractivity contribution in [1.29, 1.82) is 0 Å². The number of hydrogen-bond donors (Lipinski definition) is 1. The van der Waals surface area contributed by atoms with Crippen molar-refractivity contribution >= 4 is 0 Å². The van der Waals surface area contributed by atoms with E-state index in [2.05, 4.69) is 36.6 Å². The Balaban J connectivity index is 1.94. The molecule has 0 unspecified atom stereocenters. The van der Waals surface area contributed by atoms with E-state index in [9.17, 15) is 0 Å². The van der Waals surface area contributed by atoms with E-state index in [1.54, 1.807) is 0 Å². The van der Waals surface area contributed by atoms with Crippen molar-refractivity contribution in [1.82, 2.24) is 5.32 Å². The molecule has 1 aliphatic rings. The summed E-state index contributed by atoms with van der Waals surface area (Å²) in [5.41, 5.74) is 1.48. The Labute approximate surface area is 104 Å². The molecule has 0 spiro atoms. The molecule has 0 heterocycles. The predicted octanol–water partition coefficient (Wildman–Crippen LogP) is 3.33. The fraction of sp³-hybridized carbons (Fsp3) is 0.600. The van der Waals surface area contributed by atoms with Crippen LogP contribution in [0.1, 0.15) is 44.1 Å². The molecule has 1 aromatic rings. The molecule has 1 fully saturated rings. The van der Waals surface area contributed by atoms with Gasteiger partial charge in [-0.25, -0.2) is 0 Å². The minimum absolute atomic E-state index is 0.731. The standard InChI is InChI=1S/C15H23NO/c1-3-17-15-10-6-13(7-11-15)12-4-8-14(16-2)9-5-12/h6-7,10-12,14,16H,3-5,8-9H2,1-2H3. The largest absolute Gasteiger partial charge is 0.494 e. The minimum atomic E-state index is 0.731. The van der Waals surface area contributed by atoms with E-state index in [0.29, 0.717) is 0 Å². The molecule has 0 atom stereocenters. The van der Waals surface area contributed by atoms with Gasteiger partial charge in [0, 0.05) is 6.04 Å². The van der Waals surface area contributed by atoms with Gasteiger partial charge in [-0.2, -0.15) is 0 Å². The maximum absolute atomic E-state index is 5.47. The zero-order valence-corrected chi connectivity index (χ0v) is 10.9. The van der Waals surface area contributed by atoms with Crippen molar-refractivity contribution < 1.29 is 4.74 Å². The Bertz CT molecular complexity index is 325. The number of hydrogen-bond acceptors (Lipinski definition) is 2. The number of rotatable bonds is 4. The first-order valence-electron chi connectivity index (χ1n) is 6.73. The second-order valence-electron chi connectivity index (χ2n) is 4.84. The fourth-order valence-electron chi connectivity index (χ4n) is 2.72. The lowest BCUT2D eigenvalue weighted by Gasteiger charge is -2.28. The summed E-state index contributed by atoms with van der Waals surface area (Å²) in [6, 6.07) is 9.39. The van der Waals surface area contributed by atoms with Gasteiger partial charge in [0.05, 0.1) is 6.61 Å². The average molecular weight is 233 g/mol. The predicted molar refractivity (Wildman–Crippen MR) is 71.7 cm³/mol. The van der Waals surface area contributed by atoms with Crippen molar-refractivity contribution in [3.63, 3.8) is 0 Å². The first-order valence-corrected chi connectivity index (χ1v) is 6.73. The number of nitrogens with one attached hydrogen (secondary N) is 1. The Morgan fingerprint density at radius 2 is 1.76 bits per heavy atom. The van der Waals surface area contributed by atoms with Crippen LogP contribution in [0.25, 0.3) is 0 Å². The Morgan fingerprint density at radius 1 is 1.12 bits per heavy atom. The van der Waals surface area contributed by atoms with Crippen LogP contribution in [0.5, 0.6) is 5.75 Å². The van der Waals surface area contributed by atoms with Crippen LogP contribution in [-0.4, -0.2) is 19.7 Å². The van der Waals surface area contributed by atoms with Crippen LogP contribution in [-0.2, 0) is 0 Å². The maximum atomic E-state index is 5.47. The molecule has 0 aromatic heterocycles. The van der Waals surface area contributed by atoms with Crippen LogP contribution in [0.4, 0.5) is 0 Å². The highest BCUT2D eigenvalue weighted by Crippen LogP contribution is 2.33. The van der Waals surface area contributed by atoms with Crippen molar-refractivity contribution in [2.75, 3.05) is 13.7 Å². The molecule has 1 aromatic carbocycles. The average Bonchev–Trinajstić information content (AvgIpc) is 2.40. The van der Waals surface area contributed by atoms with Crippen LogP contribution in [0.3, 0.4) is 0 Å². The fourth-order valence-corrected chi connectivity index (χ4v) is 2.72. The molecule has 2 nitrogen and oxygen atoms in total. The zero-order chi connectivity index (χ0) is 12.1. The summed E-state index contributed by atoms with van der Waals surface area (Å²) < 4.78 is 5.47. The normalized spacial score (nSPS) is 24.6. The monoisotopic (exact) mass is 233 g/mol. The van der Waals surface area contributed by atoms with E-state index < -0.39 is 0 Å². The highest BCUT2D eigenvalue weighted by Gasteiger charge is 2.20. The third-order valence-corrected chi connectivity index (χ3v) is 3.80.